The van der Waals surface area contributed by atoms with Crippen molar-refractivity contribution >= 4 is 11.7 Å². The van der Waals surface area contributed by atoms with Crippen molar-refractivity contribution in [2.75, 3.05) is 18.5 Å². The maximum atomic E-state index is 11.6. The van der Waals surface area contributed by atoms with Gasteiger partial charge in [0.15, 0.2) is 5.82 Å². The quantitative estimate of drug-likeness (QED) is 0.621. The van der Waals surface area contributed by atoms with Crippen molar-refractivity contribution in [1.82, 2.24) is 9.78 Å². The number of nitrogens with zero attached hydrogens (tertiary/aromatic N) is 2. The number of amides is 1. The van der Waals surface area contributed by atoms with Crippen molar-refractivity contribution in [3.05, 3.63) is 55.3 Å². The number of para-hydroxylation sites is 1. The van der Waals surface area contributed by atoms with E-state index in [9.17, 15) is 4.79 Å². The fraction of sp³-hybridized carbons (Fsp3) is 0.200. The molecule has 0 saturated carbocycles. The van der Waals surface area contributed by atoms with Gasteiger partial charge in [-0.05, 0) is 18.6 Å². The van der Waals surface area contributed by atoms with Crippen LogP contribution >= 0.6 is 0 Å². The van der Waals surface area contributed by atoms with E-state index >= 15 is 0 Å². The SMILES string of the molecule is C=CCCOCC(=O)Nc1ccn(-c2ccccc2)n1. The summed E-state index contributed by atoms with van der Waals surface area (Å²) in [6.07, 6.45) is 4.28. The summed E-state index contributed by atoms with van der Waals surface area (Å²) in [6, 6.07) is 11.4. The largest absolute Gasteiger partial charge is 0.371 e. The average Bonchev–Trinajstić information content (AvgIpc) is 2.93. The van der Waals surface area contributed by atoms with Gasteiger partial charge in [0.1, 0.15) is 6.61 Å². The van der Waals surface area contributed by atoms with Crippen molar-refractivity contribution in [2.24, 2.45) is 0 Å². The zero-order valence-electron chi connectivity index (χ0n) is 11.2. The molecule has 0 radical (unpaired) electrons. The van der Waals surface area contributed by atoms with E-state index in [-0.39, 0.29) is 12.5 Å². The van der Waals surface area contributed by atoms with E-state index in [1.165, 1.54) is 0 Å². The molecule has 1 heterocycles. The molecule has 0 aliphatic rings. The van der Waals surface area contributed by atoms with Gasteiger partial charge in [0, 0.05) is 12.3 Å². The van der Waals surface area contributed by atoms with Gasteiger partial charge in [-0.1, -0.05) is 24.3 Å². The Labute approximate surface area is 117 Å². The average molecular weight is 271 g/mol. The van der Waals surface area contributed by atoms with Crippen LogP contribution in [-0.4, -0.2) is 28.9 Å². The van der Waals surface area contributed by atoms with E-state index < -0.39 is 0 Å². The minimum atomic E-state index is -0.215. The molecular weight excluding hydrogens is 254 g/mol. The first-order valence-electron chi connectivity index (χ1n) is 6.39. The second-order valence-corrected chi connectivity index (χ2v) is 4.16. The van der Waals surface area contributed by atoms with E-state index in [4.69, 9.17) is 4.74 Å². The Balaban J connectivity index is 1.87. The normalized spacial score (nSPS) is 10.2. The molecule has 0 bridgehead atoms. The van der Waals surface area contributed by atoms with Crippen molar-refractivity contribution in [3.8, 4) is 5.69 Å². The lowest BCUT2D eigenvalue weighted by Gasteiger charge is -2.03. The van der Waals surface area contributed by atoms with Crippen molar-refractivity contribution < 1.29 is 9.53 Å². The van der Waals surface area contributed by atoms with Crippen LogP contribution in [0.15, 0.2) is 55.3 Å². The van der Waals surface area contributed by atoms with Crippen LogP contribution in [0.5, 0.6) is 0 Å². The fourth-order valence-electron chi connectivity index (χ4n) is 1.63. The molecule has 1 amide bonds. The van der Waals surface area contributed by atoms with Crippen LogP contribution in [0.25, 0.3) is 5.69 Å². The molecule has 0 atom stereocenters. The van der Waals surface area contributed by atoms with E-state index in [0.29, 0.717) is 12.4 Å². The lowest BCUT2D eigenvalue weighted by Crippen LogP contribution is -2.19. The first kappa shape index (κ1) is 14.0. The van der Waals surface area contributed by atoms with Crippen molar-refractivity contribution in [1.29, 1.82) is 0 Å². The summed E-state index contributed by atoms with van der Waals surface area (Å²) in [5.74, 6) is 0.290. The molecule has 104 valence electrons. The first-order chi connectivity index (χ1) is 9.79. The maximum Gasteiger partial charge on any atom is 0.251 e. The third-order valence-corrected chi connectivity index (χ3v) is 2.58. The van der Waals surface area contributed by atoms with E-state index in [1.807, 2.05) is 30.3 Å². The van der Waals surface area contributed by atoms with Crippen LogP contribution in [0.3, 0.4) is 0 Å². The monoisotopic (exact) mass is 271 g/mol. The van der Waals surface area contributed by atoms with Crippen LogP contribution in [0.2, 0.25) is 0 Å². The molecule has 20 heavy (non-hydrogen) atoms. The van der Waals surface area contributed by atoms with Gasteiger partial charge in [-0.15, -0.1) is 6.58 Å². The summed E-state index contributed by atoms with van der Waals surface area (Å²) in [6.45, 7) is 4.10. The van der Waals surface area contributed by atoms with Gasteiger partial charge in [0.2, 0.25) is 0 Å². The Bertz CT molecular complexity index is 564. The molecule has 0 spiro atoms. The summed E-state index contributed by atoms with van der Waals surface area (Å²) in [7, 11) is 0. The second-order valence-electron chi connectivity index (χ2n) is 4.16. The molecule has 1 aromatic heterocycles. The summed E-state index contributed by atoms with van der Waals surface area (Å²) in [4.78, 5) is 11.6. The molecule has 5 heteroatoms. The highest BCUT2D eigenvalue weighted by Crippen LogP contribution is 2.09. The van der Waals surface area contributed by atoms with Gasteiger partial charge < -0.3 is 10.1 Å². The zero-order chi connectivity index (χ0) is 14.2. The van der Waals surface area contributed by atoms with Crippen LogP contribution < -0.4 is 5.32 Å². The summed E-state index contributed by atoms with van der Waals surface area (Å²) < 4.78 is 6.88. The highest BCUT2D eigenvalue weighted by molar-refractivity contribution is 5.90. The Morgan fingerprint density at radius 2 is 2.15 bits per heavy atom. The number of rotatable bonds is 7. The van der Waals surface area contributed by atoms with Crippen LogP contribution in [0.4, 0.5) is 5.82 Å². The number of anilines is 1. The number of aromatic nitrogens is 2. The molecule has 2 aromatic rings. The number of hydrogen-bond donors (Lipinski definition) is 1. The van der Waals surface area contributed by atoms with E-state index in [2.05, 4.69) is 17.0 Å². The molecule has 0 aliphatic carbocycles. The highest BCUT2D eigenvalue weighted by Gasteiger charge is 2.05. The maximum absolute atomic E-state index is 11.6. The summed E-state index contributed by atoms with van der Waals surface area (Å²) in [5.41, 5.74) is 0.940. The van der Waals surface area contributed by atoms with Crippen molar-refractivity contribution in [3.63, 3.8) is 0 Å². The standard InChI is InChI=1S/C15H17N3O2/c1-2-3-11-20-12-15(19)16-14-9-10-18(17-14)13-7-5-4-6-8-13/h2,4-10H,1,3,11-12H2,(H,16,17,19). The zero-order valence-corrected chi connectivity index (χ0v) is 11.2. The third-order valence-electron chi connectivity index (χ3n) is 2.58. The molecular formula is C15H17N3O2. The van der Waals surface area contributed by atoms with Crippen LogP contribution in [0.1, 0.15) is 6.42 Å². The topological polar surface area (TPSA) is 56.1 Å². The van der Waals surface area contributed by atoms with Crippen LogP contribution in [-0.2, 0) is 9.53 Å². The Kier molecular flexibility index (Phi) is 5.08. The van der Waals surface area contributed by atoms with Gasteiger partial charge in [-0.25, -0.2) is 4.68 Å². The number of carbonyl (C=O) groups excluding carboxylic acids is 1. The lowest BCUT2D eigenvalue weighted by molar-refractivity contribution is -0.120. The Morgan fingerprint density at radius 1 is 1.35 bits per heavy atom. The van der Waals surface area contributed by atoms with Gasteiger partial charge in [-0.3, -0.25) is 4.79 Å². The molecule has 0 unspecified atom stereocenters. The third kappa shape index (κ3) is 4.07. The van der Waals surface area contributed by atoms with Gasteiger partial charge in [0.05, 0.1) is 12.3 Å². The number of hydrogen-bond acceptors (Lipinski definition) is 3. The second kappa shape index (κ2) is 7.25. The van der Waals surface area contributed by atoms with E-state index in [1.54, 1.807) is 23.0 Å². The predicted octanol–water partition coefficient (Wildman–Crippen LogP) is 2.40. The van der Waals surface area contributed by atoms with Gasteiger partial charge in [-0.2, -0.15) is 5.10 Å². The molecule has 1 N–H and O–H groups in total. The summed E-state index contributed by atoms with van der Waals surface area (Å²) in [5, 5.41) is 6.97. The molecule has 2 rings (SSSR count). The Hall–Kier alpha value is -2.40. The minimum Gasteiger partial charge on any atom is -0.371 e. The number of carbonyl (C=O) groups is 1. The fourth-order valence-corrected chi connectivity index (χ4v) is 1.63. The molecule has 1 aromatic carbocycles. The number of benzene rings is 1. The minimum absolute atomic E-state index is 0.0199. The molecule has 0 fully saturated rings. The van der Waals surface area contributed by atoms with Gasteiger partial charge in [0.25, 0.3) is 5.91 Å². The molecule has 5 nitrogen and oxygen atoms in total. The highest BCUT2D eigenvalue weighted by atomic mass is 16.5. The lowest BCUT2D eigenvalue weighted by atomic mass is 10.3. The Morgan fingerprint density at radius 3 is 2.90 bits per heavy atom. The molecule has 0 aliphatic heterocycles. The number of ether oxygens (including phenoxy) is 1. The van der Waals surface area contributed by atoms with Crippen LogP contribution in [0, 0.1) is 0 Å². The molecule has 0 saturated heterocycles. The number of nitrogens with one attached hydrogen (secondary N) is 1. The summed E-state index contributed by atoms with van der Waals surface area (Å²) >= 11 is 0. The van der Waals surface area contributed by atoms with E-state index in [0.717, 1.165) is 12.1 Å². The first-order valence-corrected chi connectivity index (χ1v) is 6.39. The van der Waals surface area contributed by atoms with Gasteiger partial charge >= 0.3 is 0 Å². The smallest absolute Gasteiger partial charge is 0.251 e. The van der Waals surface area contributed by atoms with Crippen molar-refractivity contribution in [2.45, 2.75) is 6.42 Å². The predicted molar refractivity (Wildman–Crippen MR) is 77.8 cm³/mol.